The molecule has 5 heteroatoms. The Morgan fingerprint density at radius 1 is 0.964 bits per heavy atom. The number of hydrogen-bond acceptors (Lipinski definition) is 3. The van der Waals surface area contributed by atoms with Crippen LogP contribution >= 0.6 is 39.5 Å². The largest absolute Gasteiger partial charge is 0.325 e. The smallest absolute Gasteiger partial charge is 0.234 e. The van der Waals surface area contributed by atoms with E-state index in [2.05, 4.69) is 63.7 Å². The van der Waals surface area contributed by atoms with Crippen LogP contribution in [0.2, 0.25) is 0 Å². The normalized spacial score (nSPS) is 10.6. The number of rotatable bonds is 8. The van der Waals surface area contributed by atoms with E-state index in [4.69, 9.17) is 0 Å². The number of carbonyl (C=O) groups excluding carboxylic acids is 1. The molecular weight excluding hydrogens is 450 g/mol. The van der Waals surface area contributed by atoms with Crippen molar-refractivity contribution in [2.45, 2.75) is 23.3 Å². The van der Waals surface area contributed by atoms with Gasteiger partial charge in [-0.3, -0.25) is 4.79 Å². The zero-order valence-corrected chi connectivity index (χ0v) is 18.9. The maximum atomic E-state index is 12.3. The standard InChI is InChI=1S/C23H22BrNOS2/c1-17-13-18(14-28-20-8-3-2-4-9-20)11-12-22(17)25-23(26)16-27-15-19-7-5-6-10-21(19)24/h2-13H,14-16H2,1H3,(H,25,26). The molecule has 1 N–H and O–H groups in total. The Kier molecular flexibility index (Phi) is 8.07. The zero-order valence-electron chi connectivity index (χ0n) is 15.7. The highest BCUT2D eigenvalue weighted by Gasteiger charge is 2.07. The summed E-state index contributed by atoms with van der Waals surface area (Å²) in [5.41, 5.74) is 4.44. The monoisotopic (exact) mass is 471 g/mol. The second-order valence-corrected chi connectivity index (χ2v) is 9.27. The number of nitrogens with one attached hydrogen (secondary N) is 1. The molecule has 0 saturated heterocycles. The van der Waals surface area contributed by atoms with Gasteiger partial charge in [0, 0.05) is 26.6 Å². The number of carbonyl (C=O) groups is 1. The fourth-order valence-electron chi connectivity index (χ4n) is 2.69. The lowest BCUT2D eigenvalue weighted by Crippen LogP contribution is -2.15. The lowest BCUT2D eigenvalue weighted by Gasteiger charge is -2.11. The van der Waals surface area contributed by atoms with E-state index in [1.165, 1.54) is 16.0 Å². The number of benzene rings is 3. The minimum Gasteiger partial charge on any atom is -0.325 e. The van der Waals surface area contributed by atoms with Crippen molar-refractivity contribution in [3.05, 3.63) is 94.0 Å². The van der Waals surface area contributed by atoms with Gasteiger partial charge in [0.05, 0.1) is 5.75 Å². The number of amides is 1. The van der Waals surface area contributed by atoms with Crippen LogP contribution in [0.25, 0.3) is 0 Å². The molecule has 0 heterocycles. The van der Waals surface area contributed by atoms with Crippen molar-refractivity contribution < 1.29 is 4.79 Å². The lowest BCUT2D eigenvalue weighted by molar-refractivity contribution is -0.113. The number of anilines is 1. The molecule has 0 saturated carbocycles. The van der Waals surface area contributed by atoms with Crippen LogP contribution in [0.3, 0.4) is 0 Å². The second kappa shape index (κ2) is 10.7. The van der Waals surface area contributed by atoms with E-state index < -0.39 is 0 Å². The van der Waals surface area contributed by atoms with Gasteiger partial charge < -0.3 is 5.32 Å². The third-order valence-corrected chi connectivity index (χ3v) is 7.00. The summed E-state index contributed by atoms with van der Waals surface area (Å²) in [5.74, 6) is 2.20. The van der Waals surface area contributed by atoms with Gasteiger partial charge in [-0.1, -0.05) is 64.5 Å². The SMILES string of the molecule is Cc1cc(CSc2ccccc2)ccc1NC(=O)CSCc1ccccc1Br. The summed E-state index contributed by atoms with van der Waals surface area (Å²) in [6, 6.07) is 24.7. The first-order valence-corrected chi connectivity index (χ1v) is 11.9. The van der Waals surface area contributed by atoms with Gasteiger partial charge in [-0.15, -0.1) is 23.5 Å². The third kappa shape index (κ3) is 6.43. The quantitative estimate of drug-likeness (QED) is 0.361. The van der Waals surface area contributed by atoms with Crippen molar-refractivity contribution in [2.75, 3.05) is 11.1 Å². The predicted octanol–water partition coefficient (Wildman–Crippen LogP) is 6.92. The summed E-state index contributed by atoms with van der Waals surface area (Å²) >= 11 is 6.98. The van der Waals surface area contributed by atoms with E-state index in [1.54, 1.807) is 11.8 Å². The molecular formula is C23H22BrNOS2. The summed E-state index contributed by atoms with van der Waals surface area (Å²) in [4.78, 5) is 13.6. The second-order valence-electron chi connectivity index (χ2n) is 6.38. The highest BCUT2D eigenvalue weighted by Crippen LogP contribution is 2.25. The van der Waals surface area contributed by atoms with Gasteiger partial charge in [0.15, 0.2) is 0 Å². The van der Waals surface area contributed by atoms with Gasteiger partial charge >= 0.3 is 0 Å². The van der Waals surface area contributed by atoms with Crippen molar-refractivity contribution in [1.82, 2.24) is 0 Å². The zero-order chi connectivity index (χ0) is 19.8. The van der Waals surface area contributed by atoms with Crippen LogP contribution in [-0.2, 0) is 16.3 Å². The number of aryl methyl sites for hydroxylation is 1. The molecule has 0 aliphatic heterocycles. The molecule has 0 aliphatic carbocycles. The van der Waals surface area contributed by atoms with Crippen molar-refractivity contribution in [2.24, 2.45) is 0 Å². The highest BCUT2D eigenvalue weighted by molar-refractivity contribution is 9.10. The van der Waals surface area contributed by atoms with Crippen LogP contribution in [0.5, 0.6) is 0 Å². The maximum absolute atomic E-state index is 12.3. The Labute approximate surface area is 183 Å². The van der Waals surface area contributed by atoms with Gasteiger partial charge in [-0.05, 0) is 47.9 Å². The first-order chi connectivity index (χ1) is 13.6. The summed E-state index contributed by atoms with van der Waals surface area (Å²) < 4.78 is 1.09. The van der Waals surface area contributed by atoms with Gasteiger partial charge in [-0.25, -0.2) is 0 Å². The van der Waals surface area contributed by atoms with Gasteiger partial charge in [0.2, 0.25) is 5.91 Å². The van der Waals surface area contributed by atoms with E-state index in [0.29, 0.717) is 5.75 Å². The van der Waals surface area contributed by atoms with Crippen LogP contribution in [0.15, 0.2) is 82.2 Å². The molecule has 2 nitrogen and oxygen atoms in total. The molecule has 0 spiro atoms. The fraction of sp³-hybridized carbons (Fsp3) is 0.174. The van der Waals surface area contributed by atoms with Crippen molar-refractivity contribution in [3.8, 4) is 0 Å². The molecule has 3 aromatic rings. The lowest BCUT2D eigenvalue weighted by atomic mass is 10.1. The number of hydrogen-bond donors (Lipinski definition) is 1. The fourth-order valence-corrected chi connectivity index (χ4v) is 5.00. The Bertz CT molecular complexity index is 931. The van der Waals surface area contributed by atoms with Gasteiger partial charge in [0.25, 0.3) is 0 Å². The Morgan fingerprint density at radius 2 is 1.71 bits per heavy atom. The van der Waals surface area contributed by atoms with Gasteiger partial charge in [0.1, 0.15) is 0 Å². The molecule has 0 atom stereocenters. The summed E-state index contributed by atoms with van der Waals surface area (Å²) in [5, 5.41) is 3.03. The van der Waals surface area contributed by atoms with Crippen LogP contribution in [0.4, 0.5) is 5.69 Å². The molecule has 0 unspecified atom stereocenters. The van der Waals surface area contributed by atoms with Crippen molar-refractivity contribution >= 4 is 51.0 Å². The molecule has 0 radical (unpaired) electrons. The van der Waals surface area contributed by atoms with E-state index in [1.807, 2.05) is 49.0 Å². The number of halogens is 1. The van der Waals surface area contributed by atoms with E-state index in [-0.39, 0.29) is 5.91 Å². The van der Waals surface area contributed by atoms with E-state index in [9.17, 15) is 4.79 Å². The summed E-state index contributed by atoms with van der Waals surface area (Å²) in [6.45, 7) is 2.04. The average molecular weight is 472 g/mol. The molecule has 0 bridgehead atoms. The third-order valence-electron chi connectivity index (χ3n) is 4.16. The Balaban J connectivity index is 1.48. The highest BCUT2D eigenvalue weighted by atomic mass is 79.9. The molecule has 144 valence electrons. The average Bonchev–Trinajstić information content (AvgIpc) is 2.70. The first kappa shape index (κ1) is 21.0. The van der Waals surface area contributed by atoms with Gasteiger partial charge in [-0.2, -0.15) is 0 Å². The predicted molar refractivity (Wildman–Crippen MR) is 126 cm³/mol. The topological polar surface area (TPSA) is 29.1 Å². The van der Waals surface area contributed by atoms with Crippen LogP contribution < -0.4 is 5.32 Å². The van der Waals surface area contributed by atoms with Crippen molar-refractivity contribution in [3.63, 3.8) is 0 Å². The Hall–Kier alpha value is -1.69. The molecule has 1 amide bonds. The summed E-state index contributed by atoms with van der Waals surface area (Å²) in [6.07, 6.45) is 0. The van der Waals surface area contributed by atoms with E-state index in [0.717, 1.165) is 27.2 Å². The Morgan fingerprint density at radius 3 is 2.46 bits per heavy atom. The molecule has 0 fully saturated rings. The maximum Gasteiger partial charge on any atom is 0.234 e. The molecule has 0 aliphatic rings. The van der Waals surface area contributed by atoms with Crippen molar-refractivity contribution in [1.29, 1.82) is 0 Å². The van der Waals surface area contributed by atoms with Crippen LogP contribution in [0, 0.1) is 6.92 Å². The summed E-state index contributed by atoms with van der Waals surface area (Å²) in [7, 11) is 0. The number of thioether (sulfide) groups is 2. The molecule has 28 heavy (non-hydrogen) atoms. The first-order valence-electron chi connectivity index (χ1n) is 9.00. The molecule has 0 aromatic heterocycles. The van der Waals surface area contributed by atoms with Crippen LogP contribution in [-0.4, -0.2) is 11.7 Å². The van der Waals surface area contributed by atoms with E-state index >= 15 is 0 Å². The minimum atomic E-state index is 0.0339. The minimum absolute atomic E-state index is 0.0339. The van der Waals surface area contributed by atoms with Crippen LogP contribution in [0.1, 0.15) is 16.7 Å². The molecule has 3 aromatic carbocycles. The molecule has 3 rings (SSSR count).